The molecule has 1 aromatic heterocycles. The van der Waals surface area contributed by atoms with Gasteiger partial charge in [-0.3, -0.25) is 4.79 Å². The number of benzene rings is 2. The number of carbonyl (C=O) groups is 1. The summed E-state index contributed by atoms with van der Waals surface area (Å²) < 4.78 is 23.5. The van der Waals surface area contributed by atoms with Crippen molar-refractivity contribution in [2.24, 2.45) is 5.92 Å². The monoisotopic (exact) mass is 447 g/mol. The van der Waals surface area contributed by atoms with Crippen LogP contribution in [0.1, 0.15) is 42.9 Å². The van der Waals surface area contributed by atoms with Crippen molar-refractivity contribution < 1.29 is 18.7 Å². The second-order valence-corrected chi connectivity index (χ2v) is 7.87. The summed E-state index contributed by atoms with van der Waals surface area (Å²) in [5.74, 6) is 1.50. The van der Waals surface area contributed by atoms with Crippen molar-refractivity contribution in [2.75, 3.05) is 19.8 Å². The van der Waals surface area contributed by atoms with Crippen molar-refractivity contribution in [2.45, 2.75) is 33.2 Å². The summed E-state index contributed by atoms with van der Waals surface area (Å²) in [5.41, 5.74) is 1.96. The zero-order valence-electron chi connectivity index (χ0n) is 17.7. The molecule has 0 aliphatic carbocycles. The molecule has 2 N–H and O–H groups in total. The van der Waals surface area contributed by atoms with E-state index in [2.05, 4.69) is 29.1 Å². The lowest BCUT2D eigenvalue weighted by Crippen LogP contribution is -2.17. The van der Waals surface area contributed by atoms with Gasteiger partial charge >= 0.3 is 0 Å². The van der Waals surface area contributed by atoms with Gasteiger partial charge in [0.2, 0.25) is 0 Å². The molecular weight excluding hydrogens is 421 g/mol. The molecule has 3 aromatic rings. The van der Waals surface area contributed by atoms with Crippen molar-refractivity contribution in [3.63, 3.8) is 0 Å². The van der Waals surface area contributed by atoms with Gasteiger partial charge in [-0.15, -0.1) is 0 Å². The molecule has 1 aliphatic heterocycles. The van der Waals surface area contributed by atoms with E-state index in [1.54, 1.807) is 0 Å². The van der Waals surface area contributed by atoms with Crippen LogP contribution < -0.4 is 14.8 Å². The van der Waals surface area contributed by atoms with E-state index in [0.717, 1.165) is 40.9 Å². The van der Waals surface area contributed by atoms with Crippen LogP contribution in [0.15, 0.2) is 30.3 Å². The van der Waals surface area contributed by atoms with E-state index in [4.69, 9.17) is 21.1 Å². The summed E-state index contributed by atoms with van der Waals surface area (Å²) in [4.78, 5) is 18.2. The van der Waals surface area contributed by atoms with Crippen LogP contribution in [0.3, 0.4) is 0 Å². The number of rotatable bonds is 7. The van der Waals surface area contributed by atoms with E-state index in [9.17, 15) is 9.18 Å². The Morgan fingerprint density at radius 3 is 2.87 bits per heavy atom. The molecule has 8 heteroatoms. The van der Waals surface area contributed by atoms with E-state index >= 15 is 0 Å². The van der Waals surface area contributed by atoms with Crippen molar-refractivity contribution >= 4 is 28.9 Å². The van der Waals surface area contributed by atoms with Gasteiger partial charge in [-0.25, -0.2) is 9.37 Å². The minimum atomic E-state index is -0.646. The number of aromatic amines is 1. The number of hydrogen-bond donors (Lipinski definition) is 2. The second kappa shape index (κ2) is 11.1. The van der Waals surface area contributed by atoms with Gasteiger partial charge in [0.05, 0.1) is 23.1 Å². The highest BCUT2D eigenvalue weighted by atomic mass is 35.5. The molecule has 2 aromatic carbocycles. The van der Waals surface area contributed by atoms with Gasteiger partial charge in [0.25, 0.3) is 0 Å². The number of hydrogen-bond acceptors (Lipinski definition) is 5. The third-order valence-electron chi connectivity index (χ3n) is 5.10. The highest BCUT2D eigenvalue weighted by Gasteiger charge is 2.18. The van der Waals surface area contributed by atoms with Crippen LogP contribution in [0.4, 0.5) is 4.39 Å². The Balaban J connectivity index is 0.000000185. The largest absolute Gasteiger partial charge is 0.486 e. The lowest BCUT2D eigenvalue weighted by molar-refractivity contribution is 0.111. The molecule has 0 spiro atoms. The molecule has 1 aliphatic rings. The molecule has 0 fully saturated rings. The quantitative estimate of drug-likeness (QED) is 0.387. The molecule has 4 rings (SSSR count). The number of nitrogens with one attached hydrogen (secondary N) is 2. The van der Waals surface area contributed by atoms with Crippen LogP contribution >= 0.6 is 11.6 Å². The van der Waals surface area contributed by atoms with Crippen LogP contribution in [0, 0.1) is 11.7 Å². The number of ether oxygens (including phenoxy) is 2. The predicted molar refractivity (Wildman–Crippen MR) is 120 cm³/mol. The van der Waals surface area contributed by atoms with Crippen molar-refractivity contribution in [3.8, 4) is 11.5 Å². The summed E-state index contributed by atoms with van der Waals surface area (Å²) in [7, 11) is 0. The molecule has 2 heterocycles. The van der Waals surface area contributed by atoms with E-state index in [1.165, 1.54) is 25.0 Å². The average molecular weight is 448 g/mol. The molecule has 166 valence electrons. The van der Waals surface area contributed by atoms with E-state index in [0.29, 0.717) is 25.2 Å². The van der Waals surface area contributed by atoms with Gasteiger partial charge in [0.1, 0.15) is 19.0 Å². The molecule has 1 unspecified atom stereocenters. The van der Waals surface area contributed by atoms with E-state index in [-0.39, 0.29) is 11.3 Å². The summed E-state index contributed by atoms with van der Waals surface area (Å²) in [6, 6.07) is 8.62. The Hall–Kier alpha value is -2.64. The lowest BCUT2D eigenvalue weighted by Gasteiger charge is -2.18. The molecule has 6 nitrogen and oxygen atoms in total. The Labute approximate surface area is 186 Å². The third kappa shape index (κ3) is 6.18. The third-order valence-corrected chi connectivity index (χ3v) is 5.34. The number of imidazole rings is 1. The summed E-state index contributed by atoms with van der Waals surface area (Å²) in [6.07, 6.45) is 2.90. The Morgan fingerprint density at radius 2 is 2.10 bits per heavy atom. The minimum absolute atomic E-state index is 0.00995. The predicted octanol–water partition coefficient (Wildman–Crippen LogP) is 5.15. The first kappa shape index (κ1) is 23.0. The average Bonchev–Trinajstić information content (AvgIpc) is 3.19. The van der Waals surface area contributed by atoms with Gasteiger partial charge in [-0.05, 0) is 49.2 Å². The van der Waals surface area contributed by atoms with E-state index in [1.807, 2.05) is 18.2 Å². The second-order valence-electron chi connectivity index (χ2n) is 7.43. The number of aldehydes is 1. The highest BCUT2D eigenvalue weighted by Crippen LogP contribution is 2.33. The topological polar surface area (TPSA) is 76.2 Å². The number of fused-ring (bicyclic) bond motifs is 2. The van der Waals surface area contributed by atoms with Crippen LogP contribution in [0.5, 0.6) is 11.5 Å². The molecule has 0 amide bonds. The Bertz CT molecular complexity index is 1020. The zero-order valence-corrected chi connectivity index (χ0v) is 18.5. The van der Waals surface area contributed by atoms with Crippen molar-refractivity contribution in [1.82, 2.24) is 15.3 Å². The van der Waals surface area contributed by atoms with Gasteiger partial charge in [0, 0.05) is 5.02 Å². The maximum Gasteiger partial charge on any atom is 0.197 e. The molecule has 0 bridgehead atoms. The number of halogens is 2. The Morgan fingerprint density at radius 1 is 1.29 bits per heavy atom. The highest BCUT2D eigenvalue weighted by molar-refractivity contribution is 6.31. The van der Waals surface area contributed by atoms with Crippen molar-refractivity contribution in [3.05, 3.63) is 52.6 Å². The summed E-state index contributed by atoms with van der Waals surface area (Å²) >= 11 is 5.94. The molecule has 0 saturated heterocycles. The normalized spacial score (nSPS) is 13.4. The first-order chi connectivity index (χ1) is 15.0. The standard InChI is InChI=1S/C14H20ClN3.C9H7FO3/c1-3-10(2)6-7-16-9-14-17-12-5-4-11(15)8-13(12)18-14;10-8-6(5-11)1-2-7-9(8)13-4-3-12-7/h4-5,8,10,16H,3,6-7,9H2,1-2H3,(H,17,18);1-2,5H,3-4H2. The molecule has 0 radical (unpaired) electrons. The molecule has 1 atom stereocenters. The fourth-order valence-electron chi connectivity index (χ4n) is 3.07. The van der Waals surface area contributed by atoms with Crippen LogP contribution in [-0.2, 0) is 6.54 Å². The molecule has 0 saturated carbocycles. The SMILES string of the molecule is CCC(C)CCNCc1nc2ccc(Cl)cc2[nH]1.O=Cc1ccc2c(c1F)OCCO2. The van der Waals surface area contributed by atoms with Gasteiger partial charge in [-0.1, -0.05) is 31.9 Å². The number of nitrogens with zero attached hydrogens (tertiary/aromatic N) is 1. The Kier molecular flexibility index (Phi) is 8.26. The van der Waals surface area contributed by atoms with Crippen LogP contribution in [-0.4, -0.2) is 36.0 Å². The number of carbonyl (C=O) groups excluding carboxylic acids is 1. The van der Waals surface area contributed by atoms with Gasteiger partial charge in [-0.2, -0.15) is 0 Å². The number of aromatic nitrogens is 2. The van der Waals surface area contributed by atoms with Gasteiger partial charge < -0.3 is 19.8 Å². The van der Waals surface area contributed by atoms with Crippen LogP contribution in [0.25, 0.3) is 11.0 Å². The fourth-order valence-corrected chi connectivity index (χ4v) is 3.24. The number of H-pyrrole nitrogens is 1. The lowest BCUT2D eigenvalue weighted by atomic mass is 10.1. The first-order valence-electron chi connectivity index (χ1n) is 10.4. The van der Waals surface area contributed by atoms with Gasteiger partial charge in [0.15, 0.2) is 23.6 Å². The van der Waals surface area contributed by atoms with Crippen molar-refractivity contribution in [1.29, 1.82) is 0 Å². The summed E-state index contributed by atoms with van der Waals surface area (Å²) in [5, 5.41) is 4.15. The first-order valence-corrected chi connectivity index (χ1v) is 10.8. The maximum absolute atomic E-state index is 13.3. The van der Waals surface area contributed by atoms with Crippen LogP contribution in [0.2, 0.25) is 5.02 Å². The minimum Gasteiger partial charge on any atom is -0.486 e. The molecule has 31 heavy (non-hydrogen) atoms. The maximum atomic E-state index is 13.3. The zero-order chi connectivity index (χ0) is 22.2. The fraction of sp³-hybridized carbons (Fsp3) is 0.391. The summed E-state index contributed by atoms with van der Waals surface area (Å²) in [6.45, 7) is 7.05. The van der Waals surface area contributed by atoms with E-state index < -0.39 is 5.82 Å². The molecular formula is C23H27ClFN3O3. The smallest absolute Gasteiger partial charge is 0.197 e.